The minimum Gasteiger partial charge on any atom is -0.464 e. The molecular formula is C7H16N2O2. The van der Waals surface area contributed by atoms with Gasteiger partial charge in [-0.25, -0.2) is 0 Å². The summed E-state index contributed by atoms with van der Waals surface area (Å²) in [4.78, 5) is 10.9. The van der Waals surface area contributed by atoms with Crippen molar-refractivity contribution in [2.45, 2.75) is 25.8 Å². The van der Waals surface area contributed by atoms with Crippen LogP contribution in [-0.2, 0) is 9.53 Å². The third kappa shape index (κ3) is 7.29. The average Bonchev–Trinajstić information content (AvgIpc) is 1.79. The molecule has 0 fully saturated rings. The van der Waals surface area contributed by atoms with Gasteiger partial charge < -0.3 is 16.2 Å². The van der Waals surface area contributed by atoms with Crippen LogP contribution in [0.4, 0.5) is 0 Å². The lowest BCUT2D eigenvalue weighted by Gasteiger charge is -2.16. The van der Waals surface area contributed by atoms with Gasteiger partial charge in [-0.2, -0.15) is 0 Å². The molecule has 4 N–H and O–H groups in total. The molecule has 0 aromatic heterocycles. The van der Waals surface area contributed by atoms with Crippen LogP contribution < -0.4 is 11.5 Å². The van der Waals surface area contributed by atoms with Gasteiger partial charge in [0, 0.05) is 12.1 Å². The van der Waals surface area contributed by atoms with E-state index in [9.17, 15) is 4.79 Å². The fourth-order valence-corrected chi connectivity index (χ4v) is 0.596. The molecule has 0 spiro atoms. The summed E-state index contributed by atoms with van der Waals surface area (Å²) >= 11 is 0. The van der Waals surface area contributed by atoms with Crippen molar-refractivity contribution in [3.63, 3.8) is 0 Å². The number of hydrogen-bond acceptors (Lipinski definition) is 4. The molecule has 0 aliphatic rings. The number of ether oxygens (including phenoxy) is 1. The van der Waals surface area contributed by atoms with Gasteiger partial charge in [-0.15, -0.1) is 0 Å². The molecule has 0 unspecified atom stereocenters. The molecule has 11 heavy (non-hydrogen) atoms. The van der Waals surface area contributed by atoms with Crippen LogP contribution in [-0.4, -0.2) is 24.7 Å². The molecule has 4 heteroatoms. The highest BCUT2D eigenvalue weighted by Gasteiger charge is 2.16. The van der Waals surface area contributed by atoms with E-state index in [0.717, 1.165) is 0 Å². The van der Waals surface area contributed by atoms with E-state index in [0.29, 0.717) is 6.54 Å². The van der Waals surface area contributed by atoms with Gasteiger partial charge in [0.15, 0.2) is 0 Å². The summed E-state index contributed by atoms with van der Waals surface area (Å²) in [5, 5.41) is 0. The van der Waals surface area contributed by atoms with Crippen molar-refractivity contribution in [1.82, 2.24) is 0 Å². The Morgan fingerprint density at radius 2 is 2.09 bits per heavy atom. The molecule has 0 aromatic rings. The van der Waals surface area contributed by atoms with E-state index in [2.05, 4.69) is 0 Å². The first-order valence-corrected chi connectivity index (χ1v) is 3.60. The van der Waals surface area contributed by atoms with E-state index in [1.54, 1.807) is 13.8 Å². The molecular weight excluding hydrogens is 144 g/mol. The first-order chi connectivity index (χ1) is 4.95. The zero-order valence-corrected chi connectivity index (χ0v) is 7.09. The van der Waals surface area contributed by atoms with Gasteiger partial charge in [-0.3, -0.25) is 4.79 Å². The Balaban J connectivity index is 3.53. The molecule has 0 aliphatic heterocycles. The van der Waals surface area contributed by atoms with Crippen LogP contribution in [0, 0.1) is 0 Å². The Bertz CT molecular complexity index is 129. The van der Waals surface area contributed by atoms with Crippen molar-refractivity contribution >= 4 is 5.97 Å². The lowest BCUT2D eigenvalue weighted by molar-refractivity contribution is -0.144. The van der Waals surface area contributed by atoms with Crippen molar-refractivity contribution < 1.29 is 9.53 Å². The first kappa shape index (κ1) is 10.4. The van der Waals surface area contributed by atoms with Crippen LogP contribution in [0.3, 0.4) is 0 Å². The Hall–Kier alpha value is -0.610. The van der Waals surface area contributed by atoms with Crippen LogP contribution in [0.2, 0.25) is 0 Å². The highest BCUT2D eigenvalue weighted by Crippen LogP contribution is 2.03. The van der Waals surface area contributed by atoms with Crippen molar-refractivity contribution in [1.29, 1.82) is 0 Å². The molecule has 0 aliphatic carbocycles. The maximum absolute atomic E-state index is 10.9. The van der Waals surface area contributed by atoms with Gasteiger partial charge in [-0.05, 0) is 13.8 Å². The van der Waals surface area contributed by atoms with Crippen LogP contribution in [0.15, 0.2) is 0 Å². The summed E-state index contributed by atoms with van der Waals surface area (Å²) in [5.74, 6) is -0.289. The number of carbonyl (C=O) groups excluding carboxylic acids is 1. The third-order valence-corrected chi connectivity index (χ3v) is 0.981. The molecule has 0 bridgehead atoms. The van der Waals surface area contributed by atoms with E-state index in [1.807, 2.05) is 0 Å². The molecule has 0 aromatic carbocycles. The third-order valence-electron chi connectivity index (χ3n) is 0.981. The van der Waals surface area contributed by atoms with Crippen LogP contribution >= 0.6 is 0 Å². The predicted octanol–water partition coefficient (Wildman–Crippen LogP) is -0.384. The quantitative estimate of drug-likeness (QED) is 0.549. The van der Waals surface area contributed by atoms with E-state index >= 15 is 0 Å². The minimum absolute atomic E-state index is 0.229. The Morgan fingerprint density at radius 1 is 1.55 bits per heavy atom. The van der Waals surface area contributed by atoms with Gasteiger partial charge in [0.1, 0.15) is 6.61 Å². The molecule has 0 radical (unpaired) electrons. The Kier molecular flexibility index (Phi) is 4.07. The number of hydrogen-bond donors (Lipinski definition) is 2. The molecule has 0 atom stereocenters. The highest BCUT2D eigenvalue weighted by atomic mass is 16.5. The molecule has 0 heterocycles. The maximum Gasteiger partial charge on any atom is 0.307 e. The van der Waals surface area contributed by atoms with Gasteiger partial charge in [0.2, 0.25) is 0 Å². The summed E-state index contributed by atoms with van der Waals surface area (Å²) < 4.78 is 4.72. The average molecular weight is 160 g/mol. The Labute approximate surface area is 66.9 Å². The van der Waals surface area contributed by atoms with E-state index in [1.165, 1.54) is 0 Å². The number of rotatable bonds is 4. The predicted molar refractivity (Wildman–Crippen MR) is 42.9 cm³/mol. The Morgan fingerprint density at radius 3 is 2.45 bits per heavy atom. The van der Waals surface area contributed by atoms with Crippen LogP contribution in [0.5, 0.6) is 0 Å². The summed E-state index contributed by atoms with van der Waals surface area (Å²) in [7, 11) is 0. The second-order valence-corrected chi connectivity index (χ2v) is 3.17. The topological polar surface area (TPSA) is 78.3 Å². The standard InChI is InChI=1S/C7H16N2O2/c1-7(2,9)5-6(10)11-4-3-8/h3-5,8-9H2,1-2H3. The zero-order valence-electron chi connectivity index (χ0n) is 7.09. The number of nitrogens with two attached hydrogens (primary N) is 2. The van der Waals surface area contributed by atoms with Gasteiger partial charge in [-0.1, -0.05) is 0 Å². The SMILES string of the molecule is CC(C)(N)CC(=O)OCCN. The van der Waals surface area contributed by atoms with Crippen molar-refractivity contribution in [3.8, 4) is 0 Å². The number of carbonyl (C=O) groups is 1. The summed E-state index contributed by atoms with van der Waals surface area (Å²) in [5.41, 5.74) is 10.2. The molecule has 66 valence electrons. The summed E-state index contributed by atoms with van der Waals surface area (Å²) in [6, 6.07) is 0. The largest absolute Gasteiger partial charge is 0.464 e. The van der Waals surface area contributed by atoms with E-state index < -0.39 is 5.54 Å². The van der Waals surface area contributed by atoms with Crippen molar-refractivity contribution in [2.75, 3.05) is 13.2 Å². The summed E-state index contributed by atoms with van der Waals surface area (Å²) in [6.45, 7) is 4.18. The molecule has 0 rings (SSSR count). The van der Waals surface area contributed by atoms with Crippen molar-refractivity contribution in [2.24, 2.45) is 11.5 Å². The van der Waals surface area contributed by atoms with Crippen LogP contribution in [0.1, 0.15) is 20.3 Å². The molecule has 0 saturated heterocycles. The highest BCUT2D eigenvalue weighted by molar-refractivity contribution is 5.70. The first-order valence-electron chi connectivity index (χ1n) is 3.60. The fraction of sp³-hybridized carbons (Fsp3) is 0.857. The lowest BCUT2D eigenvalue weighted by Crippen LogP contribution is -2.35. The molecule has 4 nitrogen and oxygen atoms in total. The smallest absolute Gasteiger partial charge is 0.307 e. The number of esters is 1. The maximum atomic E-state index is 10.9. The molecule has 0 amide bonds. The normalized spacial score (nSPS) is 11.3. The monoisotopic (exact) mass is 160 g/mol. The van der Waals surface area contributed by atoms with E-state index in [-0.39, 0.29) is 19.0 Å². The van der Waals surface area contributed by atoms with Crippen LogP contribution in [0.25, 0.3) is 0 Å². The van der Waals surface area contributed by atoms with Gasteiger partial charge in [0.25, 0.3) is 0 Å². The van der Waals surface area contributed by atoms with Gasteiger partial charge in [0.05, 0.1) is 6.42 Å². The minimum atomic E-state index is -0.494. The second kappa shape index (κ2) is 4.31. The molecule has 0 saturated carbocycles. The fourth-order valence-electron chi connectivity index (χ4n) is 0.596. The lowest BCUT2D eigenvalue weighted by atomic mass is 10.0. The van der Waals surface area contributed by atoms with E-state index in [4.69, 9.17) is 16.2 Å². The second-order valence-electron chi connectivity index (χ2n) is 3.17. The zero-order chi connectivity index (χ0) is 8.91. The summed E-state index contributed by atoms with van der Waals surface area (Å²) in [6.07, 6.45) is 0.229. The van der Waals surface area contributed by atoms with Gasteiger partial charge >= 0.3 is 5.97 Å². The van der Waals surface area contributed by atoms with Crippen molar-refractivity contribution in [3.05, 3.63) is 0 Å².